The van der Waals surface area contributed by atoms with E-state index in [4.69, 9.17) is 0 Å². The zero-order chi connectivity index (χ0) is 23.9. The van der Waals surface area contributed by atoms with E-state index in [2.05, 4.69) is 10.3 Å². The average Bonchev–Trinajstić information content (AvgIpc) is 3.35. The predicted molar refractivity (Wildman–Crippen MR) is 127 cm³/mol. The molecule has 1 N–H and O–H groups in total. The molecule has 1 aromatic heterocycles. The Morgan fingerprint density at radius 3 is 2.35 bits per heavy atom. The van der Waals surface area contributed by atoms with Gasteiger partial charge in [0.2, 0.25) is 15.9 Å². The van der Waals surface area contributed by atoms with E-state index in [0.29, 0.717) is 39.6 Å². The summed E-state index contributed by atoms with van der Waals surface area (Å²) in [5, 5.41) is 3.02. The lowest BCUT2D eigenvalue weighted by Gasteiger charge is -2.25. The van der Waals surface area contributed by atoms with Crippen molar-refractivity contribution < 1.29 is 22.8 Å². The summed E-state index contributed by atoms with van der Waals surface area (Å²) in [6.07, 6.45) is 2.68. The smallest absolute Gasteiger partial charge is 0.261 e. The van der Waals surface area contributed by atoms with Gasteiger partial charge in [0.15, 0.2) is 5.13 Å². The zero-order valence-electron chi connectivity index (χ0n) is 18.2. The number of carbonyl (C=O) groups is 3. The van der Waals surface area contributed by atoms with Crippen LogP contribution >= 0.6 is 11.3 Å². The molecule has 3 heterocycles. The molecule has 3 aromatic rings. The van der Waals surface area contributed by atoms with Crippen molar-refractivity contribution in [2.24, 2.45) is 0 Å². The van der Waals surface area contributed by atoms with E-state index < -0.39 is 27.7 Å². The number of thiazole rings is 1. The van der Waals surface area contributed by atoms with Crippen LogP contribution in [0.2, 0.25) is 0 Å². The summed E-state index contributed by atoms with van der Waals surface area (Å²) in [5.41, 5.74) is 1.27. The van der Waals surface area contributed by atoms with E-state index in [-0.39, 0.29) is 17.9 Å². The number of fused-ring (bicyclic) bond motifs is 2. The Kier molecular flexibility index (Phi) is 5.92. The van der Waals surface area contributed by atoms with Crippen LogP contribution in [0.15, 0.2) is 47.4 Å². The number of benzene rings is 2. The van der Waals surface area contributed by atoms with Crippen molar-refractivity contribution >= 4 is 54.4 Å². The van der Waals surface area contributed by atoms with Crippen LogP contribution in [-0.2, 0) is 14.8 Å². The first kappa shape index (κ1) is 22.6. The number of imide groups is 1. The molecule has 1 fully saturated rings. The number of hydrogen-bond acceptors (Lipinski definition) is 7. The van der Waals surface area contributed by atoms with Crippen molar-refractivity contribution in [3.8, 4) is 0 Å². The summed E-state index contributed by atoms with van der Waals surface area (Å²) in [5.74, 6) is -1.21. The fraction of sp³-hybridized carbons (Fsp3) is 0.304. The van der Waals surface area contributed by atoms with Gasteiger partial charge in [-0.05, 0) is 43.2 Å². The monoisotopic (exact) mass is 498 g/mol. The largest absolute Gasteiger partial charge is 0.302 e. The lowest BCUT2D eigenvalue weighted by molar-refractivity contribution is -0.116. The van der Waals surface area contributed by atoms with Gasteiger partial charge in [-0.2, -0.15) is 4.31 Å². The standard InChI is InChI=1S/C23H22N4O5S2/c28-20(10-13-27-21(29)16-6-2-3-7-17(16)22(27)30)25-23-24-18-9-8-15(14-19(18)33-23)34(31,32)26-11-4-1-5-12-26/h2-3,6-9,14H,1,4-5,10-13H2,(H,24,25,28). The molecule has 0 atom stereocenters. The molecule has 2 aliphatic heterocycles. The minimum atomic E-state index is -3.56. The van der Waals surface area contributed by atoms with Crippen LogP contribution in [0.5, 0.6) is 0 Å². The molecule has 176 valence electrons. The SMILES string of the molecule is O=C(CCN1C(=O)c2ccccc2C1=O)Nc1nc2ccc(S(=O)(=O)N3CCCCC3)cc2s1. The Balaban J connectivity index is 1.25. The molecular weight excluding hydrogens is 476 g/mol. The molecule has 0 bridgehead atoms. The number of nitrogens with one attached hydrogen (secondary N) is 1. The fourth-order valence-corrected chi connectivity index (χ4v) is 6.75. The second-order valence-electron chi connectivity index (χ2n) is 8.22. The second-order valence-corrected chi connectivity index (χ2v) is 11.2. The van der Waals surface area contributed by atoms with Crippen molar-refractivity contribution in [2.45, 2.75) is 30.6 Å². The van der Waals surface area contributed by atoms with Gasteiger partial charge in [-0.15, -0.1) is 0 Å². The average molecular weight is 499 g/mol. The van der Waals surface area contributed by atoms with Crippen LogP contribution in [0.1, 0.15) is 46.4 Å². The van der Waals surface area contributed by atoms with Gasteiger partial charge in [-0.25, -0.2) is 13.4 Å². The van der Waals surface area contributed by atoms with Gasteiger partial charge in [0.05, 0.1) is 26.2 Å². The number of sulfonamides is 1. The highest BCUT2D eigenvalue weighted by atomic mass is 32.2. The van der Waals surface area contributed by atoms with Gasteiger partial charge in [0, 0.05) is 26.1 Å². The summed E-state index contributed by atoms with van der Waals surface area (Å²) in [7, 11) is -3.56. The number of anilines is 1. The van der Waals surface area contributed by atoms with Gasteiger partial charge in [-0.1, -0.05) is 29.9 Å². The second kappa shape index (κ2) is 8.90. The molecule has 2 aliphatic rings. The quantitative estimate of drug-likeness (QED) is 0.522. The van der Waals surface area contributed by atoms with Crippen molar-refractivity contribution in [2.75, 3.05) is 25.0 Å². The number of rotatable bonds is 6. The summed E-state index contributed by atoms with van der Waals surface area (Å²) in [6.45, 7) is 1.01. The first-order valence-corrected chi connectivity index (χ1v) is 13.3. The van der Waals surface area contributed by atoms with E-state index >= 15 is 0 Å². The van der Waals surface area contributed by atoms with Crippen LogP contribution in [0, 0.1) is 0 Å². The van der Waals surface area contributed by atoms with Crippen LogP contribution in [0.3, 0.4) is 0 Å². The first-order valence-electron chi connectivity index (χ1n) is 11.0. The van der Waals surface area contributed by atoms with Gasteiger partial charge in [-0.3, -0.25) is 19.3 Å². The van der Waals surface area contributed by atoms with Gasteiger partial charge < -0.3 is 5.32 Å². The third kappa shape index (κ3) is 4.10. The lowest BCUT2D eigenvalue weighted by Crippen LogP contribution is -2.35. The topological polar surface area (TPSA) is 117 Å². The molecule has 0 radical (unpaired) electrons. The molecule has 0 unspecified atom stereocenters. The van der Waals surface area contributed by atoms with Crippen molar-refractivity contribution in [1.29, 1.82) is 0 Å². The molecule has 0 spiro atoms. The van der Waals surface area contributed by atoms with Crippen molar-refractivity contribution in [3.63, 3.8) is 0 Å². The summed E-state index contributed by atoms with van der Waals surface area (Å²) >= 11 is 1.18. The fourth-order valence-electron chi connectivity index (χ4n) is 4.21. The molecule has 34 heavy (non-hydrogen) atoms. The van der Waals surface area contributed by atoms with Crippen LogP contribution in [-0.4, -0.2) is 60.0 Å². The maximum atomic E-state index is 12.9. The summed E-state index contributed by atoms with van der Waals surface area (Å²) in [4.78, 5) is 43.0. The van der Waals surface area contributed by atoms with Gasteiger partial charge in [0.1, 0.15) is 0 Å². The minimum absolute atomic E-state index is 0.0404. The third-order valence-electron chi connectivity index (χ3n) is 6.00. The zero-order valence-corrected chi connectivity index (χ0v) is 19.8. The van der Waals surface area contributed by atoms with E-state index in [1.807, 2.05) is 0 Å². The Morgan fingerprint density at radius 1 is 1.00 bits per heavy atom. The van der Waals surface area contributed by atoms with Crippen LogP contribution in [0.4, 0.5) is 5.13 Å². The molecule has 2 aromatic carbocycles. The molecule has 3 amide bonds. The molecule has 5 rings (SSSR count). The molecule has 0 aliphatic carbocycles. The number of carbonyl (C=O) groups excluding carboxylic acids is 3. The summed E-state index contributed by atoms with van der Waals surface area (Å²) in [6, 6.07) is 11.3. The van der Waals surface area contributed by atoms with E-state index in [1.54, 1.807) is 42.5 Å². The normalized spacial score (nSPS) is 16.8. The first-order chi connectivity index (χ1) is 16.3. The Bertz CT molecular complexity index is 1370. The van der Waals surface area contributed by atoms with Crippen molar-refractivity contribution in [3.05, 3.63) is 53.6 Å². The molecule has 11 heteroatoms. The number of hydrogen-bond donors (Lipinski definition) is 1. The molecule has 0 saturated carbocycles. The van der Waals surface area contributed by atoms with Gasteiger partial charge in [0.25, 0.3) is 11.8 Å². The minimum Gasteiger partial charge on any atom is -0.302 e. The maximum Gasteiger partial charge on any atom is 0.261 e. The Morgan fingerprint density at radius 2 is 1.68 bits per heavy atom. The third-order valence-corrected chi connectivity index (χ3v) is 8.83. The van der Waals surface area contributed by atoms with Crippen molar-refractivity contribution in [1.82, 2.24) is 14.2 Å². The van der Waals surface area contributed by atoms with E-state index in [1.165, 1.54) is 15.6 Å². The highest BCUT2D eigenvalue weighted by molar-refractivity contribution is 7.89. The lowest BCUT2D eigenvalue weighted by atomic mass is 10.1. The van der Waals surface area contributed by atoms with E-state index in [9.17, 15) is 22.8 Å². The Labute approximate surface area is 200 Å². The number of piperidine rings is 1. The molecular formula is C23H22N4O5S2. The maximum absolute atomic E-state index is 12.9. The Hall–Kier alpha value is -3.15. The number of nitrogens with zero attached hydrogens (tertiary/aromatic N) is 3. The highest BCUT2D eigenvalue weighted by Crippen LogP contribution is 2.30. The highest BCUT2D eigenvalue weighted by Gasteiger charge is 2.35. The molecule has 1 saturated heterocycles. The van der Waals surface area contributed by atoms with Gasteiger partial charge >= 0.3 is 0 Å². The predicted octanol–water partition coefficient (Wildman–Crippen LogP) is 3.10. The summed E-state index contributed by atoms with van der Waals surface area (Å²) < 4.78 is 28.0. The van der Waals surface area contributed by atoms with E-state index in [0.717, 1.165) is 24.2 Å². The van der Waals surface area contributed by atoms with Crippen LogP contribution < -0.4 is 5.32 Å². The molecule has 9 nitrogen and oxygen atoms in total. The number of aromatic nitrogens is 1. The number of amides is 3. The van der Waals surface area contributed by atoms with Crippen LogP contribution in [0.25, 0.3) is 10.2 Å².